The molecule has 1 aliphatic rings. The topological polar surface area (TPSA) is 89.7 Å². The van der Waals surface area contributed by atoms with Gasteiger partial charge in [-0.1, -0.05) is 0 Å². The summed E-state index contributed by atoms with van der Waals surface area (Å²) in [7, 11) is 3.27. The fourth-order valence-corrected chi connectivity index (χ4v) is 3.67. The Morgan fingerprint density at radius 2 is 1.92 bits per heavy atom. The second-order valence-electron chi connectivity index (χ2n) is 6.14. The Bertz CT molecular complexity index is 734. The number of nitrogens with one attached hydrogen (secondary N) is 1. The lowest BCUT2D eigenvalue weighted by Gasteiger charge is -2.32. The van der Waals surface area contributed by atoms with Crippen LogP contribution in [0.2, 0.25) is 0 Å². The number of methoxy groups -OCH3 is 2. The first-order valence-corrected chi connectivity index (χ1v) is 9.44. The summed E-state index contributed by atoms with van der Waals surface area (Å²) in [5, 5.41) is 6.09. The number of benzene rings is 1. The number of aromatic nitrogens is 1. The summed E-state index contributed by atoms with van der Waals surface area (Å²) in [5.74, 6) is 1.49. The van der Waals surface area contributed by atoms with Crippen molar-refractivity contribution in [2.75, 3.05) is 32.6 Å². The largest absolute Gasteiger partial charge is 0.497 e. The molecule has 8 heteroatoms. The fraction of sp³-hybridized carbons (Fsp3) is 0.444. The Labute approximate surface area is 157 Å². The van der Waals surface area contributed by atoms with Gasteiger partial charge in [-0.15, -0.1) is 11.3 Å². The van der Waals surface area contributed by atoms with E-state index in [0.717, 1.165) is 35.0 Å². The number of carbonyl (C=O) groups excluding carboxylic acids is 1. The number of rotatable bonds is 6. The normalized spacial score (nSPS) is 15.0. The van der Waals surface area contributed by atoms with Crippen LogP contribution >= 0.6 is 11.3 Å². The number of ether oxygens (including phenoxy) is 2. The third-order valence-corrected chi connectivity index (χ3v) is 5.32. The molecule has 140 valence electrons. The van der Waals surface area contributed by atoms with Crippen molar-refractivity contribution in [1.82, 2.24) is 9.88 Å². The SMILES string of the molecule is COc1cc(NC2CCN(C(=O)c3csc(CN)n3)CC2)cc(OC)c1. The Kier molecular flexibility index (Phi) is 5.95. The quantitative estimate of drug-likeness (QED) is 0.804. The molecule has 0 radical (unpaired) electrons. The maximum Gasteiger partial charge on any atom is 0.273 e. The van der Waals surface area contributed by atoms with Crippen LogP contribution in [0.3, 0.4) is 0 Å². The first kappa shape index (κ1) is 18.5. The highest BCUT2D eigenvalue weighted by Gasteiger charge is 2.25. The number of thiazole rings is 1. The molecule has 0 bridgehead atoms. The number of hydrogen-bond acceptors (Lipinski definition) is 7. The average molecular weight is 376 g/mol. The molecular formula is C18H24N4O3S. The van der Waals surface area contributed by atoms with Gasteiger partial charge in [0.2, 0.25) is 0 Å². The lowest BCUT2D eigenvalue weighted by molar-refractivity contribution is 0.0713. The Morgan fingerprint density at radius 1 is 1.27 bits per heavy atom. The maximum atomic E-state index is 12.5. The Morgan fingerprint density at radius 3 is 2.46 bits per heavy atom. The van der Waals surface area contributed by atoms with Crippen LogP contribution in [0.5, 0.6) is 11.5 Å². The summed E-state index contributed by atoms with van der Waals surface area (Å²) < 4.78 is 10.6. The van der Waals surface area contributed by atoms with E-state index in [1.54, 1.807) is 19.6 Å². The summed E-state index contributed by atoms with van der Waals surface area (Å²) >= 11 is 1.43. The molecule has 0 aliphatic carbocycles. The number of amides is 1. The predicted octanol–water partition coefficient (Wildman–Crippen LogP) is 2.34. The van der Waals surface area contributed by atoms with Crippen LogP contribution in [0.1, 0.15) is 28.3 Å². The summed E-state index contributed by atoms with van der Waals surface area (Å²) in [6.45, 7) is 1.77. The highest BCUT2D eigenvalue weighted by molar-refractivity contribution is 7.09. The van der Waals surface area contributed by atoms with Crippen LogP contribution in [-0.2, 0) is 6.54 Å². The van der Waals surface area contributed by atoms with E-state index < -0.39 is 0 Å². The van der Waals surface area contributed by atoms with Crippen molar-refractivity contribution in [2.24, 2.45) is 5.73 Å². The molecule has 0 saturated carbocycles. The van der Waals surface area contributed by atoms with Crippen molar-refractivity contribution in [3.05, 3.63) is 34.3 Å². The average Bonchev–Trinajstić information content (AvgIpc) is 3.17. The Hall–Kier alpha value is -2.32. The Balaban J connectivity index is 1.57. The van der Waals surface area contributed by atoms with E-state index in [2.05, 4.69) is 10.3 Å². The highest BCUT2D eigenvalue weighted by Crippen LogP contribution is 2.27. The van der Waals surface area contributed by atoms with Crippen LogP contribution in [0, 0.1) is 0 Å². The van der Waals surface area contributed by atoms with E-state index in [9.17, 15) is 4.79 Å². The summed E-state index contributed by atoms with van der Waals surface area (Å²) in [4.78, 5) is 18.7. The minimum absolute atomic E-state index is 0.0116. The maximum absolute atomic E-state index is 12.5. The van der Waals surface area contributed by atoms with Gasteiger partial charge in [-0.3, -0.25) is 4.79 Å². The van der Waals surface area contributed by atoms with E-state index in [-0.39, 0.29) is 5.91 Å². The van der Waals surface area contributed by atoms with Crippen molar-refractivity contribution in [2.45, 2.75) is 25.4 Å². The molecule has 0 unspecified atom stereocenters. The van der Waals surface area contributed by atoms with Gasteiger partial charge in [0.05, 0.1) is 14.2 Å². The lowest BCUT2D eigenvalue weighted by atomic mass is 10.0. The van der Waals surface area contributed by atoms with Gasteiger partial charge in [-0.2, -0.15) is 0 Å². The zero-order valence-corrected chi connectivity index (χ0v) is 15.8. The van der Waals surface area contributed by atoms with E-state index in [1.807, 2.05) is 23.1 Å². The molecule has 26 heavy (non-hydrogen) atoms. The molecule has 0 atom stereocenters. The molecule has 2 aromatic rings. The van der Waals surface area contributed by atoms with E-state index >= 15 is 0 Å². The molecule has 3 rings (SSSR count). The number of likely N-dealkylation sites (tertiary alicyclic amines) is 1. The third kappa shape index (κ3) is 4.25. The summed E-state index contributed by atoms with van der Waals surface area (Å²) in [6.07, 6.45) is 1.75. The highest BCUT2D eigenvalue weighted by atomic mass is 32.1. The van der Waals surface area contributed by atoms with Gasteiger partial charge < -0.3 is 25.4 Å². The minimum Gasteiger partial charge on any atom is -0.497 e. The van der Waals surface area contributed by atoms with Crippen LogP contribution < -0.4 is 20.5 Å². The molecule has 1 saturated heterocycles. The van der Waals surface area contributed by atoms with Gasteiger partial charge in [0.1, 0.15) is 22.2 Å². The number of nitrogens with zero attached hydrogens (tertiary/aromatic N) is 2. The summed E-state index contributed by atoms with van der Waals surface area (Å²) in [5.41, 5.74) is 7.03. The van der Waals surface area contributed by atoms with E-state index in [4.69, 9.17) is 15.2 Å². The zero-order valence-electron chi connectivity index (χ0n) is 15.0. The molecule has 1 amide bonds. The van der Waals surface area contributed by atoms with Crippen LogP contribution in [0.4, 0.5) is 5.69 Å². The minimum atomic E-state index is -0.0116. The van der Waals surface area contributed by atoms with E-state index in [0.29, 0.717) is 31.4 Å². The number of anilines is 1. The smallest absolute Gasteiger partial charge is 0.273 e. The van der Waals surface area contributed by atoms with Gasteiger partial charge in [-0.25, -0.2) is 4.98 Å². The molecule has 1 fully saturated rings. The van der Waals surface area contributed by atoms with Gasteiger partial charge in [0.25, 0.3) is 5.91 Å². The number of hydrogen-bond donors (Lipinski definition) is 2. The van der Waals surface area contributed by atoms with Gasteiger partial charge in [0.15, 0.2) is 0 Å². The van der Waals surface area contributed by atoms with Crippen molar-refractivity contribution in [3.63, 3.8) is 0 Å². The number of carbonyl (C=O) groups is 1. The molecular weight excluding hydrogens is 352 g/mol. The van der Waals surface area contributed by atoms with Crippen molar-refractivity contribution < 1.29 is 14.3 Å². The number of nitrogens with two attached hydrogens (primary N) is 1. The first-order valence-electron chi connectivity index (χ1n) is 8.56. The van der Waals surface area contributed by atoms with Gasteiger partial charge >= 0.3 is 0 Å². The second-order valence-corrected chi connectivity index (χ2v) is 7.09. The molecule has 3 N–H and O–H groups in total. The van der Waals surface area contributed by atoms with Gasteiger partial charge in [0, 0.05) is 54.9 Å². The third-order valence-electron chi connectivity index (χ3n) is 4.45. The molecule has 1 aromatic heterocycles. The van der Waals surface area contributed by atoms with Crippen molar-refractivity contribution in [3.8, 4) is 11.5 Å². The van der Waals surface area contributed by atoms with Gasteiger partial charge in [-0.05, 0) is 12.8 Å². The summed E-state index contributed by atoms with van der Waals surface area (Å²) in [6, 6.07) is 6.04. The predicted molar refractivity (Wildman–Crippen MR) is 102 cm³/mol. The molecule has 2 heterocycles. The van der Waals surface area contributed by atoms with E-state index in [1.165, 1.54) is 11.3 Å². The molecule has 1 aliphatic heterocycles. The van der Waals surface area contributed by atoms with Crippen molar-refractivity contribution in [1.29, 1.82) is 0 Å². The zero-order chi connectivity index (χ0) is 18.5. The standard InChI is InChI=1S/C18H24N4O3S/c1-24-14-7-13(8-15(9-14)25-2)20-12-3-5-22(6-4-12)18(23)16-11-26-17(10-19)21-16/h7-9,11-12,20H,3-6,10,19H2,1-2H3. The van der Waals surface area contributed by atoms with Crippen LogP contribution in [-0.4, -0.2) is 49.1 Å². The molecule has 0 spiro atoms. The first-order chi connectivity index (χ1) is 12.6. The van der Waals surface area contributed by atoms with Crippen molar-refractivity contribution >= 4 is 22.9 Å². The second kappa shape index (κ2) is 8.37. The van der Waals surface area contributed by atoms with Crippen LogP contribution in [0.15, 0.2) is 23.6 Å². The fourth-order valence-electron chi connectivity index (χ4n) is 3.02. The molecule has 7 nitrogen and oxygen atoms in total. The monoisotopic (exact) mass is 376 g/mol. The lowest BCUT2D eigenvalue weighted by Crippen LogP contribution is -2.42. The molecule has 1 aromatic carbocycles. The number of piperidine rings is 1. The van der Waals surface area contributed by atoms with Crippen LogP contribution in [0.25, 0.3) is 0 Å².